The summed E-state index contributed by atoms with van der Waals surface area (Å²) >= 11 is 0. The minimum atomic E-state index is -0.468. The van der Waals surface area contributed by atoms with Crippen molar-refractivity contribution < 1.29 is 9.84 Å². The summed E-state index contributed by atoms with van der Waals surface area (Å²) in [5.74, 6) is 0.738. The van der Waals surface area contributed by atoms with Crippen molar-refractivity contribution in [3.8, 4) is 5.75 Å². The van der Waals surface area contributed by atoms with E-state index in [1.807, 2.05) is 19.2 Å². The number of aliphatic hydroxyl groups is 1. The Morgan fingerprint density at radius 1 is 1.26 bits per heavy atom. The number of hydrogen-bond acceptors (Lipinski definition) is 4. The Kier molecular flexibility index (Phi) is 7.30. The van der Waals surface area contributed by atoms with Gasteiger partial charge >= 0.3 is 0 Å². The minimum Gasteiger partial charge on any atom is -0.491 e. The SMILES string of the molecule is CCCCCN(C)CC(O)COc1ccc(N)cc1. The molecule has 0 fully saturated rings. The summed E-state index contributed by atoms with van der Waals surface area (Å²) in [7, 11) is 2.03. The maximum Gasteiger partial charge on any atom is 0.119 e. The zero-order valence-corrected chi connectivity index (χ0v) is 12.0. The van der Waals surface area contributed by atoms with E-state index < -0.39 is 6.10 Å². The van der Waals surface area contributed by atoms with E-state index in [-0.39, 0.29) is 0 Å². The van der Waals surface area contributed by atoms with Crippen LogP contribution < -0.4 is 10.5 Å². The van der Waals surface area contributed by atoms with Crippen LogP contribution in [0, 0.1) is 0 Å². The zero-order chi connectivity index (χ0) is 14.1. The van der Waals surface area contributed by atoms with Crippen LogP contribution in [0.25, 0.3) is 0 Å². The van der Waals surface area contributed by atoms with E-state index in [0.29, 0.717) is 18.8 Å². The lowest BCUT2D eigenvalue weighted by molar-refractivity contribution is 0.0759. The average molecular weight is 266 g/mol. The number of nitrogen functional groups attached to an aromatic ring is 1. The van der Waals surface area contributed by atoms with Crippen LogP contribution in [-0.2, 0) is 0 Å². The van der Waals surface area contributed by atoms with Crippen molar-refractivity contribution in [3.63, 3.8) is 0 Å². The second kappa shape index (κ2) is 8.77. The van der Waals surface area contributed by atoms with Crippen LogP contribution >= 0.6 is 0 Å². The molecule has 0 aliphatic carbocycles. The van der Waals surface area contributed by atoms with Gasteiger partial charge in [-0.1, -0.05) is 19.8 Å². The Balaban J connectivity index is 2.19. The topological polar surface area (TPSA) is 58.7 Å². The van der Waals surface area contributed by atoms with Crippen LogP contribution in [0.15, 0.2) is 24.3 Å². The molecule has 0 spiro atoms. The molecule has 0 heterocycles. The van der Waals surface area contributed by atoms with Gasteiger partial charge in [-0.2, -0.15) is 0 Å². The van der Waals surface area contributed by atoms with Crippen LogP contribution in [0.2, 0.25) is 0 Å². The highest BCUT2D eigenvalue weighted by atomic mass is 16.5. The fraction of sp³-hybridized carbons (Fsp3) is 0.600. The van der Waals surface area contributed by atoms with Crippen LogP contribution in [0.5, 0.6) is 5.75 Å². The van der Waals surface area contributed by atoms with E-state index >= 15 is 0 Å². The summed E-state index contributed by atoms with van der Waals surface area (Å²) in [5.41, 5.74) is 6.31. The number of anilines is 1. The first-order valence-electron chi connectivity index (χ1n) is 6.96. The molecule has 1 unspecified atom stereocenters. The predicted molar refractivity (Wildman–Crippen MR) is 79.4 cm³/mol. The van der Waals surface area contributed by atoms with Gasteiger partial charge in [-0.25, -0.2) is 0 Å². The van der Waals surface area contributed by atoms with Crippen LogP contribution in [0.4, 0.5) is 5.69 Å². The third kappa shape index (κ3) is 7.03. The normalized spacial score (nSPS) is 12.6. The minimum absolute atomic E-state index is 0.308. The first-order valence-corrected chi connectivity index (χ1v) is 6.96. The largest absolute Gasteiger partial charge is 0.491 e. The van der Waals surface area contributed by atoms with Crippen molar-refractivity contribution in [2.75, 3.05) is 32.5 Å². The molecular formula is C15H26N2O2. The third-order valence-corrected chi connectivity index (χ3v) is 2.99. The number of rotatable bonds is 9. The van der Waals surface area contributed by atoms with Gasteiger partial charge in [0.2, 0.25) is 0 Å². The molecule has 0 saturated carbocycles. The number of ether oxygens (including phenoxy) is 1. The number of benzene rings is 1. The Bertz CT molecular complexity index is 341. The number of hydrogen-bond donors (Lipinski definition) is 2. The number of nitrogens with two attached hydrogens (primary N) is 1. The first-order chi connectivity index (χ1) is 9.11. The molecule has 19 heavy (non-hydrogen) atoms. The van der Waals surface area contributed by atoms with Crippen molar-refractivity contribution in [1.29, 1.82) is 0 Å². The molecule has 3 N–H and O–H groups in total. The van der Waals surface area contributed by atoms with Crippen molar-refractivity contribution in [2.45, 2.75) is 32.3 Å². The summed E-state index contributed by atoms with van der Waals surface area (Å²) < 4.78 is 5.52. The second-order valence-electron chi connectivity index (χ2n) is 5.00. The van der Waals surface area contributed by atoms with E-state index in [9.17, 15) is 5.11 Å². The van der Waals surface area contributed by atoms with Crippen LogP contribution in [0.1, 0.15) is 26.2 Å². The molecule has 0 aromatic heterocycles. The molecule has 108 valence electrons. The van der Waals surface area contributed by atoms with Gasteiger partial charge in [-0.3, -0.25) is 0 Å². The monoisotopic (exact) mass is 266 g/mol. The zero-order valence-electron chi connectivity index (χ0n) is 12.0. The lowest BCUT2D eigenvalue weighted by atomic mass is 10.2. The van der Waals surface area contributed by atoms with Crippen molar-refractivity contribution >= 4 is 5.69 Å². The van der Waals surface area contributed by atoms with Gasteiger partial charge < -0.3 is 20.5 Å². The average Bonchev–Trinajstić information content (AvgIpc) is 2.38. The van der Waals surface area contributed by atoms with E-state index in [2.05, 4.69) is 11.8 Å². The highest BCUT2D eigenvalue weighted by molar-refractivity contribution is 5.41. The Hall–Kier alpha value is -1.26. The van der Waals surface area contributed by atoms with Crippen LogP contribution in [0.3, 0.4) is 0 Å². The number of nitrogens with zero attached hydrogens (tertiary/aromatic N) is 1. The van der Waals surface area contributed by atoms with Gasteiger partial charge in [0, 0.05) is 12.2 Å². The van der Waals surface area contributed by atoms with Crippen molar-refractivity contribution in [2.24, 2.45) is 0 Å². The second-order valence-corrected chi connectivity index (χ2v) is 5.00. The van der Waals surface area contributed by atoms with Gasteiger partial charge in [-0.15, -0.1) is 0 Å². The highest BCUT2D eigenvalue weighted by Crippen LogP contribution is 2.13. The molecule has 1 rings (SSSR count). The summed E-state index contributed by atoms with van der Waals surface area (Å²) in [4.78, 5) is 2.15. The summed E-state index contributed by atoms with van der Waals surface area (Å²) in [6.45, 7) is 4.16. The molecule has 1 aromatic carbocycles. The maximum absolute atomic E-state index is 9.90. The molecule has 0 bridgehead atoms. The number of aliphatic hydroxyl groups excluding tert-OH is 1. The fourth-order valence-electron chi connectivity index (χ4n) is 1.89. The Morgan fingerprint density at radius 2 is 1.95 bits per heavy atom. The van der Waals surface area contributed by atoms with E-state index in [1.54, 1.807) is 12.1 Å². The molecule has 0 saturated heterocycles. The third-order valence-electron chi connectivity index (χ3n) is 2.99. The lowest BCUT2D eigenvalue weighted by Gasteiger charge is -2.20. The molecule has 1 atom stereocenters. The molecular weight excluding hydrogens is 240 g/mol. The molecule has 4 nitrogen and oxygen atoms in total. The Morgan fingerprint density at radius 3 is 2.58 bits per heavy atom. The van der Waals surface area contributed by atoms with Crippen molar-refractivity contribution in [3.05, 3.63) is 24.3 Å². The fourth-order valence-corrected chi connectivity index (χ4v) is 1.89. The number of unbranched alkanes of at least 4 members (excludes halogenated alkanes) is 2. The summed E-state index contributed by atoms with van der Waals surface area (Å²) in [6, 6.07) is 7.21. The van der Waals surface area contributed by atoms with E-state index in [0.717, 1.165) is 12.3 Å². The molecule has 0 radical (unpaired) electrons. The summed E-state index contributed by atoms with van der Waals surface area (Å²) in [5, 5.41) is 9.90. The quantitative estimate of drug-likeness (QED) is 0.531. The summed E-state index contributed by atoms with van der Waals surface area (Å²) in [6.07, 6.45) is 3.17. The van der Waals surface area contributed by atoms with E-state index in [1.165, 1.54) is 19.3 Å². The maximum atomic E-state index is 9.90. The van der Waals surface area contributed by atoms with E-state index in [4.69, 9.17) is 10.5 Å². The predicted octanol–water partition coefficient (Wildman–Crippen LogP) is 2.13. The van der Waals surface area contributed by atoms with Gasteiger partial charge in [0.05, 0.1) is 0 Å². The van der Waals surface area contributed by atoms with Crippen LogP contribution in [-0.4, -0.2) is 42.9 Å². The van der Waals surface area contributed by atoms with Crippen molar-refractivity contribution in [1.82, 2.24) is 4.90 Å². The van der Waals surface area contributed by atoms with Gasteiger partial charge in [-0.05, 0) is 44.3 Å². The van der Waals surface area contributed by atoms with Gasteiger partial charge in [0.1, 0.15) is 18.5 Å². The Labute approximate surface area is 116 Å². The van der Waals surface area contributed by atoms with Gasteiger partial charge in [0.15, 0.2) is 0 Å². The molecule has 0 amide bonds. The first kappa shape index (κ1) is 15.8. The molecule has 0 aliphatic rings. The van der Waals surface area contributed by atoms with Gasteiger partial charge in [0.25, 0.3) is 0 Å². The molecule has 0 aliphatic heterocycles. The highest BCUT2D eigenvalue weighted by Gasteiger charge is 2.08. The smallest absolute Gasteiger partial charge is 0.119 e. The molecule has 1 aromatic rings. The standard InChI is InChI=1S/C15H26N2O2/c1-3-4-5-10-17(2)11-14(18)12-19-15-8-6-13(16)7-9-15/h6-9,14,18H,3-5,10-12,16H2,1-2H3. The lowest BCUT2D eigenvalue weighted by Crippen LogP contribution is -2.33. The molecule has 4 heteroatoms. The number of likely N-dealkylation sites (N-methyl/N-ethyl adjacent to an activating group) is 1.